The molecule has 1 atom stereocenters. The first-order chi connectivity index (χ1) is 14.2. The minimum Gasteiger partial charge on any atom is -0.494 e. The Morgan fingerprint density at radius 3 is 2.86 bits per heavy atom. The minimum atomic E-state index is -0.220. The van der Waals surface area contributed by atoms with Crippen molar-refractivity contribution in [2.75, 3.05) is 12.0 Å². The highest BCUT2D eigenvalue weighted by molar-refractivity contribution is 7.10. The molecule has 1 aliphatic carbocycles. The third-order valence-electron chi connectivity index (χ3n) is 6.36. The van der Waals surface area contributed by atoms with Gasteiger partial charge in [-0.2, -0.15) is 4.37 Å². The maximum absolute atomic E-state index is 15.5. The zero-order valence-corrected chi connectivity index (χ0v) is 17.3. The predicted octanol–water partition coefficient (Wildman–Crippen LogP) is 5.33. The molecule has 3 aromatic rings. The Balaban J connectivity index is 1.57. The molecule has 0 bridgehead atoms. The number of aromatic nitrogens is 1. The summed E-state index contributed by atoms with van der Waals surface area (Å²) in [5.74, 6) is 0.423. The Kier molecular flexibility index (Phi) is 3.77. The topological polar surface area (TPSA) is 37.4 Å². The first kappa shape index (κ1) is 17.4. The number of hydrogen-bond donors (Lipinski definition) is 1. The molecule has 148 valence electrons. The van der Waals surface area contributed by atoms with E-state index >= 15 is 4.39 Å². The minimum absolute atomic E-state index is 0.220. The standard InChI is InChI=1S/C23H22FN3OS/c1-12-18-6-3-13(7-15(18)10-25-12)20-19(24)9-14-8-16-11-26-29-23(16)27(17-4-5-17)21(14)22(20)28-2/h3,6-7,9,11-12,17,25H,4-5,8,10H2,1-2H3/t12-/m1/s1. The van der Waals surface area contributed by atoms with Gasteiger partial charge in [0.15, 0.2) is 5.75 Å². The second kappa shape index (κ2) is 6.28. The Hall–Kier alpha value is -2.44. The molecule has 3 aliphatic rings. The second-order valence-electron chi connectivity index (χ2n) is 8.22. The highest BCUT2D eigenvalue weighted by Crippen LogP contribution is 2.54. The van der Waals surface area contributed by atoms with Crippen LogP contribution in [0.2, 0.25) is 0 Å². The van der Waals surface area contributed by atoms with Crippen LogP contribution in [0.5, 0.6) is 5.75 Å². The number of hydrogen-bond acceptors (Lipinski definition) is 5. The summed E-state index contributed by atoms with van der Waals surface area (Å²) in [6, 6.07) is 8.75. The molecular weight excluding hydrogens is 385 g/mol. The zero-order valence-electron chi connectivity index (χ0n) is 16.5. The van der Waals surface area contributed by atoms with Crippen molar-refractivity contribution >= 4 is 22.2 Å². The summed E-state index contributed by atoms with van der Waals surface area (Å²) in [4.78, 5) is 2.35. The molecule has 6 rings (SSSR count). The second-order valence-corrected chi connectivity index (χ2v) is 9.00. The molecule has 29 heavy (non-hydrogen) atoms. The Labute approximate surface area is 173 Å². The number of nitrogens with zero attached hydrogens (tertiary/aromatic N) is 2. The van der Waals surface area contributed by atoms with Gasteiger partial charge < -0.3 is 15.0 Å². The van der Waals surface area contributed by atoms with Gasteiger partial charge in [0.1, 0.15) is 10.8 Å². The van der Waals surface area contributed by atoms with Gasteiger partial charge in [-0.15, -0.1) is 0 Å². The fourth-order valence-electron chi connectivity index (χ4n) is 4.80. The van der Waals surface area contributed by atoms with E-state index in [0.717, 1.165) is 36.2 Å². The van der Waals surface area contributed by atoms with E-state index < -0.39 is 0 Å². The van der Waals surface area contributed by atoms with Gasteiger partial charge in [0.25, 0.3) is 0 Å². The molecule has 6 heteroatoms. The summed E-state index contributed by atoms with van der Waals surface area (Å²) in [6.07, 6.45) is 4.92. The number of ether oxygens (including phenoxy) is 1. The number of nitrogens with one attached hydrogen (secondary N) is 1. The van der Waals surface area contributed by atoms with Crippen LogP contribution in [0.3, 0.4) is 0 Å². The quantitative estimate of drug-likeness (QED) is 0.637. The van der Waals surface area contributed by atoms with Crippen molar-refractivity contribution in [1.29, 1.82) is 0 Å². The summed E-state index contributed by atoms with van der Waals surface area (Å²) in [6.45, 7) is 2.98. The van der Waals surface area contributed by atoms with Crippen molar-refractivity contribution in [3.63, 3.8) is 0 Å². The van der Waals surface area contributed by atoms with Crippen molar-refractivity contribution in [1.82, 2.24) is 9.69 Å². The molecule has 1 saturated carbocycles. The smallest absolute Gasteiger partial charge is 0.153 e. The molecule has 1 N–H and O–H groups in total. The van der Waals surface area contributed by atoms with Gasteiger partial charge in [-0.1, -0.05) is 12.1 Å². The Bertz CT molecular complexity index is 1140. The number of rotatable bonds is 3. The summed E-state index contributed by atoms with van der Waals surface area (Å²) in [5, 5.41) is 4.64. The molecule has 0 spiro atoms. The lowest BCUT2D eigenvalue weighted by Crippen LogP contribution is -2.25. The third-order valence-corrected chi connectivity index (χ3v) is 7.20. The number of halogens is 1. The molecule has 1 fully saturated rings. The number of fused-ring (bicyclic) bond motifs is 3. The largest absolute Gasteiger partial charge is 0.494 e. The number of benzene rings is 2. The van der Waals surface area contributed by atoms with Crippen molar-refractivity contribution in [2.45, 2.75) is 44.8 Å². The van der Waals surface area contributed by atoms with E-state index in [4.69, 9.17) is 4.74 Å². The van der Waals surface area contributed by atoms with E-state index in [1.807, 2.05) is 12.3 Å². The van der Waals surface area contributed by atoms with Crippen LogP contribution in [0.15, 0.2) is 30.5 Å². The monoisotopic (exact) mass is 407 g/mol. The normalized spacial score (nSPS) is 19.7. The predicted molar refractivity (Wildman–Crippen MR) is 114 cm³/mol. The van der Waals surface area contributed by atoms with Crippen LogP contribution in [0.1, 0.15) is 48.1 Å². The fraction of sp³-hybridized carbons (Fsp3) is 0.348. The van der Waals surface area contributed by atoms with Crippen molar-refractivity contribution in [3.05, 3.63) is 58.5 Å². The van der Waals surface area contributed by atoms with Crippen LogP contribution in [-0.2, 0) is 13.0 Å². The van der Waals surface area contributed by atoms with E-state index in [9.17, 15) is 0 Å². The van der Waals surface area contributed by atoms with Crippen molar-refractivity contribution < 1.29 is 9.13 Å². The van der Waals surface area contributed by atoms with Crippen LogP contribution in [0.4, 0.5) is 15.1 Å². The lowest BCUT2D eigenvalue weighted by molar-refractivity contribution is 0.413. The summed E-state index contributed by atoms with van der Waals surface area (Å²) < 4.78 is 25.8. The van der Waals surface area contributed by atoms with Crippen LogP contribution in [0, 0.1) is 5.82 Å². The van der Waals surface area contributed by atoms with Crippen LogP contribution in [-0.4, -0.2) is 17.5 Å². The van der Waals surface area contributed by atoms with Gasteiger partial charge in [-0.05, 0) is 65.7 Å². The third kappa shape index (κ3) is 2.55. The van der Waals surface area contributed by atoms with Gasteiger partial charge in [0.2, 0.25) is 0 Å². The molecule has 2 aromatic carbocycles. The molecule has 0 radical (unpaired) electrons. The zero-order chi connectivity index (χ0) is 19.7. The lowest BCUT2D eigenvalue weighted by Gasteiger charge is -2.33. The molecular formula is C23H22FN3OS. The summed E-state index contributed by atoms with van der Waals surface area (Å²) in [7, 11) is 1.66. The van der Waals surface area contributed by atoms with Crippen LogP contribution < -0.4 is 15.0 Å². The number of methoxy groups -OCH3 is 1. The molecule has 1 aromatic heterocycles. The lowest BCUT2D eigenvalue weighted by atomic mass is 9.92. The van der Waals surface area contributed by atoms with Gasteiger partial charge in [-0.25, -0.2) is 4.39 Å². The highest BCUT2D eigenvalue weighted by atomic mass is 32.1. The molecule has 2 aliphatic heterocycles. The Morgan fingerprint density at radius 2 is 2.07 bits per heavy atom. The van der Waals surface area contributed by atoms with E-state index in [2.05, 4.69) is 33.6 Å². The molecule has 3 heterocycles. The van der Waals surface area contributed by atoms with Gasteiger partial charge in [0.05, 0.1) is 18.4 Å². The van der Waals surface area contributed by atoms with Gasteiger partial charge >= 0.3 is 0 Å². The average molecular weight is 408 g/mol. The highest BCUT2D eigenvalue weighted by Gasteiger charge is 2.39. The van der Waals surface area contributed by atoms with E-state index in [1.165, 1.54) is 33.2 Å². The molecule has 0 unspecified atom stereocenters. The van der Waals surface area contributed by atoms with Crippen molar-refractivity contribution in [2.24, 2.45) is 0 Å². The van der Waals surface area contributed by atoms with Crippen molar-refractivity contribution in [3.8, 4) is 16.9 Å². The maximum Gasteiger partial charge on any atom is 0.153 e. The summed E-state index contributed by atoms with van der Waals surface area (Å²) >= 11 is 1.53. The Morgan fingerprint density at radius 1 is 1.21 bits per heavy atom. The average Bonchev–Trinajstić information content (AvgIpc) is 3.34. The first-order valence-electron chi connectivity index (χ1n) is 10.1. The van der Waals surface area contributed by atoms with Crippen LogP contribution >= 0.6 is 11.5 Å². The number of anilines is 2. The molecule has 0 saturated heterocycles. The van der Waals surface area contributed by atoms with Gasteiger partial charge in [-0.3, -0.25) is 0 Å². The fourth-order valence-corrected chi connectivity index (χ4v) is 5.65. The van der Waals surface area contributed by atoms with E-state index in [0.29, 0.717) is 29.8 Å². The van der Waals surface area contributed by atoms with E-state index in [-0.39, 0.29) is 5.82 Å². The van der Waals surface area contributed by atoms with Crippen LogP contribution in [0.25, 0.3) is 11.1 Å². The molecule has 4 nitrogen and oxygen atoms in total. The van der Waals surface area contributed by atoms with Gasteiger partial charge in [0, 0.05) is 36.8 Å². The SMILES string of the molecule is COc1c(-c2ccc3c(c2)CN[C@@H]3C)c(F)cc2c1N(C1CC1)c1sncc1C2. The molecule has 0 amide bonds. The maximum atomic E-state index is 15.5. The summed E-state index contributed by atoms with van der Waals surface area (Å²) in [5.41, 5.74) is 7.16. The first-order valence-corrected chi connectivity index (χ1v) is 10.9. The van der Waals surface area contributed by atoms with E-state index in [1.54, 1.807) is 13.2 Å².